The molecule has 0 aromatic heterocycles. The molecule has 2 aromatic rings. The van der Waals surface area contributed by atoms with E-state index < -0.39 is 33.6 Å². The first-order chi connectivity index (χ1) is 13.0. The van der Waals surface area contributed by atoms with Gasteiger partial charge in [0.25, 0.3) is 0 Å². The molecule has 0 radical (unpaired) electrons. The molecule has 0 saturated heterocycles. The summed E-state index contributed by atoms with van der Waals surface area (Å²) in [7, 11) is -2.66. The van der Waals surface area contributed by atoms with Crippen LogP contribution in [-0.4, -0.2) is 21.3 Å². The zero-order valence-electron chi connectivity index (χ0n) is 15.1. The second kappa shape index (κ2) is 8.15. The molecule has 0 fully saturated rings. The van der Waals surface area contributed by atoms with Crippen molar-refractivity contribution in [3.63, 3.8) is 0 Å². The number of halogens is 3. The van der Waals surface area contributed by atoms with E-state index in [1.807, 2.05) is 0 Å². The molecule has 2 rings (SSSR count). The Morgan fingerprint density at radius 1 is 1.07 bits per heavy atom. The molecule has 1 N–H and O–H groups in total. The number of Topliss-reactive ketones (excluding diaryl/α,β-unsaturated/α-hetero) is 1. The van der Waals surface area contributed by atoms with Gasteiger partial charge in [-0.25, -0.2) is 8.42 Å². The van der Waals surface area contributed by atoms with Crippen molar-refractivity contribution in [2.45, 2.75) is 24.0 Å². The Bertz CT molecular complexity index is 966. The zero-order chi connectivity index (χ0) is 21.1. The third kappa shape index (κ3) is 4.99. The number of methoxy groups -OCH3 is 1. The highest BCUT2D eigenvalue weighted by atomic mass is 32.2. The minimum absolute atomic E-state index is 0.0958. The first-order valence-corrected chi connectivity index (χ1v) is 9.47. The van der Waals surface area contributed by atoms with Crippen LogP contribution >= 0.6 is 0 Å². The van der Waals surface area contributed by atoms with Crippen LogP contribution in [0.25, 0.3) is 0 Å². The van der Waals surface area contributed by atoms with Crippen molar-refractivity contribution < 1.29 is 31.1 Å². The van der Waals surface area contributed by atoms with Gasteiger partial charge in [0.1, 0.15) is 5.75 Å². The number of hydrogen-bond donors (Lipinski definition) is 1. The summed E-state index contributed by atoms with van der Waals surface area (Å²) in [6.45, 7) is 4.78. The lowest BCUT2D eigenvalue weighted by molar-refractivity contribution is -0.137. The predicted molar refractivity (Wildman–Crippen MR) is 97.3 cm³/mol. The van der Waals surface area contributed by atoms with E-state index in [9.17, 15) is 26.4 Å². The number of ether oxygens (including phenoxy) is 1. The Kier molecular flexibility index (Phi) is 6.30. The fraction of sp³-hybridized carbons (Fsp3) is 0.211. The standard InChI is InChI=1S/C19H18F3NO4S/c1-12(13(2)24)18(14-4-6-15(7-5-14)19(20,21)22)23-28(25,26)17-10-8-16(27-3)9-11-17/h4-11,18,23H,1H2,2-3H3/t18-/m1/s1. The van der Waals surface area contributed by atoms with E-state index in [0.717, 1.165) is 24.3 Å². The van der Waals surface area contributed by atoms with E-state index in [-0.39, 0.29) is 16.0 Å². The highest BCUT2D eigenvalue weighted by Crippen LogP contribution is 2.31. The lowest BCUT2D eigenvalue weighted by Crippen LogP contribution is -2.31. The Labute approximate surface area is 160 Å². The number of benzene rings is 2. The molecular formula is C19H18F3NO4S. The summed E-state index contributed by atoms with van der Waals surface area (Å²) in [4.78, 5) is 11.7. The largest absolute Gasteiger partial charge is 0.497 e. The van der Waals surface area contributed by atoms with Gasteiger partial charge in [-0.2, -0.15) is 17.9 Å². The second-order valence-electron chi connectivity index (χ2n) is 5.93. The molecular weight excluding hydrogens is 395 g/mol. The van der Waals surface area contributed by atoms with Crippen molar-refractivity contribution in [3.8, 4) is 5.75 Å². The fourth-order valence-electron chi connectivity index (χ4n) is 2.39. The Morgan fingerprint density at radius 3 is 2.04 bits per heavy atom. The van der Waals surface area contributed by atoms with Crippen LogP contribution in [0.1, 0.15) is 24.1 Å². The minimum Gasteiger partial charge on any atom is -0.497 e. The minimum atomic E-state index is -4.53. The molecule has 0 amide bonds. The molecule has 5 nitrogen and oxygen atoms in total. The molecule has 9 heteroatoms. The molecule has 2 aromatic carbocycles. The second-order valence-corrected chi connectivity index (χ2v) is 7.65. The quantitative estimate of drug-likeness (QED) is 0.700. The van der Waals surface area contributed by atoms with Crippen LogP contribution < -0.4 is 9.46 Å². The summed E-state index contributed by atoms with van der Waals surface area (Å²) in [5, 5.41) is 0. The first-order valence-electron chi connectivity index (χ1n) is 7.99. The van der Waals surface area contributed by atoms with E-state index in [1.54, 1.807) is 0 Å². The van der Waals surface area contributed by atoms with E-state index >= 15 is 0 Å². The average molecular weight is 413 g/mol. The molecule has 0 unspecified atom stereocenters. The van der Waals surface area contributed by atoms with Crippen molar-refractivity contribution in [3.05, 3.63) is 71.8 Å². The predicted octanol–water partition coefficient (Wildman–Crippen LogP) is 3.88. The lowest BCUT2D eigenvalue weighted by Gasteiger charge is -2.21. The summed E-state index contributed by atoms with van der Waals surface area (Å²) in [5.41, 5.74) is -0.830. The van der Waals surface area contributed by atoms with E-state index in [2.05, 4.69) is 11.3 Å². The van der Waals surface area contributed by atoms with Gasteiger partial charge in [0.05, 0.1) is 23.6 Å². The van der Waals surface area contributed by atoms with Crippen LogP contribution in [0, 0.1) is 0 Å². The number of carbonyl (C=O) groups excluding carboxylic acids is 1. The van der Waals surface area contributed by atoms with Gasteiger partial charge in [0, 0.05) is 5.57 Å². The molecule has 28 heavy (non-hydrogen) atoms. The monoisotopic (exact) mass is 413 g/mol. The SMILES string of the molecule is C=C(C(C)=O)[C@@H](NS(=O)(=O)c1ccc(OC)cc1)c1ccc(C(F)(F)F)cc1. The molecule has 0 aliphatic rings. The maximum atomic E-state index is 12.8. The van der Waals surface area contributed by atoms with Gasteiger partial charge in [-0.1, -0.05) is 18.7 Å². The molecule has 0 saturated carbocycles. The normalized spacial score (nSPS) is 13.0. The van der Waals surface area contributed by atoms with E-state index in [4.69, 9.17) is 4.74 Å². The maximum Gasteiger partial charge on any atom is 0.416 e. The third-order valence-corrected chi connectivity index (χ3v) is 5.45. The number of rotatable bonds is 7. The van der Waals surface area contributed by atoms with Crippen molar-refractivity contribution in [1.82, 2.24) is 4.72 Å². The summed E-state index contributed by atoms with van der Waals surface area (Å²) in [6, 6.07) is 8.14. The molecule has 0 spiro atoms. The number of alkyl halides is 3. The maximum absolute atomic E-state index is 12.8. The van der Waals surface area contributed by atoms with Gasteiger partial charge in [-0.15, -0.1) is 0 Å². The molecule has 0 aliphatic heterocycles. The van der Waals surface area contributed by atoms with Gasteiger partial charge < -0.3 is 4.74 Å². The number of sulfonamides is 1. The van der Waals surface area contributed by atoms with Crippen LogP contribution in [-0.2, 0) is 21.0 Å². The fourth-order valence-corrected chi connectivity index (χ4v) is 3.61. The number of carbonyl (C=O) groups is 1. The van der Waals surface area contributed by atoms with Gasteiger partial charge in [-0.05, 0) is 48.9 Å². The molecule has 150 valence electrons. The highest BCUT2D eigenvalue weighted by Gasteiger charge is 2.31. The number of nitrogens with one attached hydrogen (secondary N) is 1. The van der Waals surface area contributed by atoms with Gasteiger partial charge in [-0.3, -0.25) is 4.79 Å². The van der Waals surface area contributed by atoms with Crippen LogP contribution in [0.4, 0.5) is 13.2 Å². The lowest BCUT2D eigenvalue weighted by atomic mass is 9.97. The Hall–Kier alpha value is -2.65. The van der Waals surface area contributed by atoms with Gasteiger partial charge >= 0.3 is 6.18 Å². The summed E-state index contributed by atoms with van der Waals surface area (Å²) in [5.74, 6) is -0.0475. The van der Waals surface area contributed by atoms with Crippen LogP contribution in [0.5, 0.6) is 5.75 Å². The molecule has 1 atom stereocenters. The van der Waals surface area contributed by atoms with E-state index in [0.29, 0.717) is 5.75 Å². The van der Waals surface area contributed by atoms with Gasteiger partial charge in [0.2, 0.25) is 10.0 Å². The topological polar surface area (TPSA) is 72.5 Å². The summed E-state index contributed by atoms with van der Waals surface area (Å²) < 4.78 is 71.0. The Morgan fingerprint density at radius 2 is 1.61 bits per heavy atom. The van der Waals surface area contributed by atoms with Gasteiger partial charge in [0.15, 0.2) is 5.78 Å². The number of hydrogen-bond acceptors (Lipinski definition) is 4. The van der Waals surface area contributed by atoms with Crippen LogP contribution in [0.3, 0.4) is 0 Å². The van der Waals surface area contributed by atoms with Crippen LogP contribution in [0.15, 0.2) is 65.6 Å². The highest BCUT2D eigenvalue weighted by molar-refractivity contribution is 7.89. The molecule has 0 bridgehead atoms. The molecule has 0 heterocycles. The van der Waals surface area contributed by atoms with Crippen LogP contribution in [0.2, 0.25) is 0 Å². The third-order valence-electron chi connectivity index (χ3n) is 4.01. The van der Waals surface area contributed by atoms with E-state index in [1.165, 1.54) is 38.3 Å². The molecule has 0 aliphatic carbocycles. The Balaban J connectivity index is 2.40. The summed E-state index contributed by atoms with van der Waals surface area (Å²) in [6.07, 6.45) is -4.53. The average Bonchev–Trinajstić information content (AvgIpc) is 2.65. The van der Waals surface area contributed by atoms with Crippen molar-refractivity contribution in [1.29, 1.82) is 0 Å². The van der Waals surface area contributed by atoms with Crippen molar-refractivity contribution >= 4 is 15.8 Å². The van der Waals surface area contributed by atoms with Crippen molar-refractivity contribution in [2.24, 2.45) is 0 Å². The summed E-state index contributed by atoms with van der Waals surface area (Å²) >= 11 is 0. The zero-order valence-corrected chi connectivity index (χ0v) is 15.9. The smallest absolute Gasteiger partial charge is 0.416 e. The first kappa shape index (κ1) is 21.6. The van der Waals surface area contributed by atoms with Crippen molar-refractivity contribution in [2.75, 3.05) is 7.11 Å². The number of ketones is 1.